The van der Waals surface area contributed by atoms with Gasteiger partial charge in [-0.2, -0.15) is 4.58 Å². The number of imide groups is 1. The molecule has 1 saturated heterocycles. The van der Waals surface area contributed by atoms with E-state index in [1.165, 1.54) is 37.4 Å². The molecule has 0 radical (unpaired) electrons. The van der Waals surface area contributed by atoms with Crippen molar-refractivity contribution in [3.63, 3.8) is 0 Å². The number of anilines is 1. The molecule has 80 heavy (non-hydrogen) atoms. The molecule has 2 aromatic carbocycles. The van der Waals surface area contributed by atoms with Crippen molar-refractivity contribution < 1.29 is 101 Å². The van der Waals surface area contributed by atoms with E-state index in [0.29, 0.717) is 106 Å². The van der Waals surface area contributed by atoms with Crippen LogP contribution in [0.5, 0.6) is 0 Å². The number of amides is 2. The number of fused-ring (bicyclic) bond motifs is 2. The third kappa shape index (κ3) is 19.3. The number of allylic oxidation sites excluding steroid dienone is 8. The summed E-state index contributed by atoms with van der Waals surface area (Å²) in [6.45, 7) is 8.38. The van der Waals surface area contributed by atoms with Gasteiger partial charge in [-0.1, -0.05) is 30.4 Å². The van der Waals surface area contributed by atoms with Gasteiger partial charge in [0.15, 0.2) is 12.3 Å². The lowest BCUT2D eigenvalue weighted by molar-refractivity contribution is -0.441. The zero-order valence-corrected chi connectivity index (χ0v) is 47.9. The summed E-state index contributed by atoms with van der Waals surface area (Å²) in [5.74, 6) is -2.46. The number of hydrogen-bond acceptors (Lipinski definition) is 22. The summed E-state index contributed by atoms with van der Waals surface area (Å²) in [5, 5.41) is 0.495. The van der Waals surface area contributed by atoms with Crippen molar-refractivity contribution in [3.05, 3.63) is 95.8 Å². The number of rotatable bonds is 38. The van der Waals surface area contributed by atoms with E-state index in [2.05, 4.69) is 0 Å². The van der Waals surface area contributed by atoms with Crippen molar-refractivity contribution in [2.45, 2.75) is 73.0 Å². The molecule has 0 aliphatic carbocycles. The van der Waals surface area contributed by atoms with Gasteiger partial charge < -0.3 is 61.3 Å². The minimum absolute atomic E-state index is 0.0232. The standard InChI is InChI=1S/C53H73N3O21S3/c1-52(20-10-38-78(60,61)62)43-39-41(79(63,64)65)13-15-45(43)54(22-26-70-4)47(52)11-8-6-5-7-9-12-48-53(2,21-25-69-3)44-40-42(80(66,67)68)14-16-46(44)55(48)23-27-72-29-31-74-33-35-76-37-36-75-34-32-73-30-28-71-24-19-51(59)77-56-49(57)17-18-50(56)58/h5-9,11-16,39-40H,10,17-38H2,1-4H3,(H2-,60,61,62,63,64,65,66,67,68)/p-2. The molecule has 27 heteroatoms. The van der Waals surface area contributed by atoms with Crippen molar-refractivity contribution in [2.75, 3.05) is 130 Å². The van der Waals surface area contributed by atoms with E-state index < -0.39 is 69.6 Å². The number of hydrogen-bond donors (Lipinski definition) is 0. The monoisotopic (exact) mass is 1180 g/mol. The number of ether oxygens (including phenoxy) is 8. The zero-order chi connectivity index (χ0) is 58.4. The Balaban J connectivity index is 1.11. The maximum absolute atomic E-state index is 12.2. The molecule has 2 amide bonds. The van der Waals surface area contributed by atoms with E-state index in [4.69, 9.17) is 42.7 Å². The minimum atomic E-state index is -4.84. The van der Waals surface area contributed by atoms with Gasteiger partial charge in [0.1, 0.15) is 26.8 Å². The predicted molar refractivity (Wildman–Crippen MR) is 285 cm³/mol. The van der Waals surface area contributed by atoms with Crippen LogP contribution in [-0.2, 0) is 98.3 Å². The first-order valence-corrected chi connectivity index (χ1v) is 30.2. The Bertz CT molecular complexity index is 2930. The van der Waals surface area contributed by atoms with Crippen LogP contribution in [0.2, 0.25) is 0 Å². The van der Waals surface area contributed by atoms with Crippen molar-refractivity contribution in [1.82, 2.24) is 5.06 Å². The van der Waals surface area contributed by atoms with Crippen molar-refractivity contribution in [3.8, 4) is 0 Å². The number of benzene rings is 2. The van der Waals surface area contributed by atoms with Gasteiger partial charge in [0.25, 0.3) is 11.8 Å². The first-order valence-electron chi connectivity index (χ1n) is 25.8. The first-order chi connectivity index (χ1) is 38.0. The summed E-state index contributed by atoms with van der Waals surface area (Å²) in [5.41, 5.74) is 2.08. The second-order valence-corrected chi connectivity index (χ2v) is 23.2. The second kappa shape index (κ2) is 31.4. The van der Waals surface area contributed by atoms with Crippen LogP contribution in [0.1, 0.15) is 63.5 Å². The lowest BCUT2D eigenvalue weighted by atomic mass is 9.76. The molecule has 3 aliphatic rings. The quantitative estimate of drug-likeness (QED) is 0.0306. The summed E-state index contributed by atoms with van der Waals surface area (Å²) in [6, 6.07) is 8.37. The summed E-state index contributed by atoms with van der Waals surface area (Å²) in [6.07, 6.45) is 13.1. The van der Waals surface area contributed by atoms with E-state index in [0.717, 1.165) is 5.70 Å². The largest absolute Gasteiger partial charge is 0.748 e. The van der Waals surface area contributed by atoms with Crippen LogP contribution in [0.3, 0.4) is 0 Å². The van der Waals surface area contributed by atoms with Crippen LogP contribution in [-0.4, -0.2) is 198 Å². The Hall–Kier alpha value is -5.11. The summed E-state index contributed by atoms with van der Waals surface area (Å²) >= 11 is 0. The lowest BCUT2D eigenvalue weighted by Gasteiger charge is -2.30. The van der Waals surface area contributed by atoms with E-state index in [-0.39, 0.29) is 76.6 Å². The van der Waals surface area contributed by atoms with Gasteiger partial charge in [-0.15, -0.1) is 5.06 Å². The van der Waals surface area contributed by atoms with Crippen LogP contribution < -0.4 is 4.90 Å². The van der Waals surface area contributed by atoms with Gasteiger partial charge in [0.05, 0.1) is 111 Å². The van der Waals surface area contributed by atoms with Crippen LogP contribution >= 0.6 is 0 Å². The smallest absolute Gasteiger partial charge is 0.335 e. The van der Waals surface area contributed by atoms with Gasteiger partial charge in [0, 0.05) is 80.5 Å². The van der Waals surface area contributed by atoms with Crippen LogP contribution in [0.25, 0.3) is 0 Å². The van der Waals surface area contributed by atoms with Gasteiger partial charge >= 0.3 is 5.97 Å². The molecule has 3 aliphatic heterocycles. The Morgan fingerprint density at radius 1 is 0.625 bits per heavy atom. The van der Waals surface area contributed by atoms with E-state index in [1.54, 1.807) is 50.5 Å². The molecule has 2 aromatic rings. The highest BCUT2D eigenvalue weighted by atomic mass is 32.2. The number of methoxy groups -OCH3 is 2. The molecule has 0 spiro atoms. The minimum Gasteiger partial charge on any atom is -0.748 e. The predicted octanol–water partition coefficient (Wildman–Crippen LogP) is 3.29. The molecule has 1 fully saturated rings. The highest BCUT2D eigenvalue weighted by molar-refractivity contribution is 7.86. The molecular weight excluding hydrogens is 1110 g/mol. The fraction of sp³-hybridized carbons (Fsp3) is 0.547. The summed E-state index contributed by atoms with van der Waals surface area (Å²) in [7, 11) is -11.1. The molecule has 0 bridgehead atoms. The van der Waals surface area contributed by atoms with E-state index in [9.17, 15) is 53.3 Å². The van der Waals surface area contributed by atoms with Crippen molar-refractivity contribution >= 4 is 65.2 Å². The Labute approximate surface area is 468 Å². The summed E-state index contributed by atoms with van der Waals surface area (Å²) < 4.78 is 154. The molecule has 2 atom stereocenters. The average molecular weight is 1180 g/mol. The fourth-order valence-electron chi connectivity index (χ4n) is 9.28. The van der Waals surface area contributed by atoms with Gasteiger partial charge in [-0.3, -0.25) is 9.59 Å². The third-order valence-electron chi connectivity index (χ3n) is 13.3. The molecule has 444 valence electrons. The number of hydroxylamine groups is 2. The Kier molecular flexibility index (Phi) is 25.8. The molecule has 5 rings (SSSR count). The number of carbonyl (C=O) groups excluding carboxylic acids is 3. The topological polar surface area (TPSA) is 315 Å². The van der Waals surface area contributed by atoms with E-state index >= 15 is 0 Å². The molecule has 0 aromatic heterocycles. The van der Waals surface area contributed by atoms with Crippen LogP contribution in [0, 0.1) is 0 Å². The van der Waals surface area contributed by atoms with Crippen molar-refractivity contribution in [2.24, 2.45) is 0 Å². The normalized spacial score (nSPS) is 19.3. The third-order valence-corrected chi connectivity index (χ3v) is 15.8. The highest BCUT2D eigenvalue weighted by Gasteiger charge is 2.48. The number of carbonyl (C=O) groups is 3. The fourth-order valence-corrected chi connectivity index (χ4v) is 10.8. The Morgan fingerprint density at radius 3 is 1.69 bits per heavy atom. The average Bonchev–Trinajstić information content (AvgIpc) is 4.15. The molecule has 0 N–H and O–H groups in total. The SMILES string of the molecule is COCC[N+]1=C(/C=C/C=C/C=C/C=C2/N(CCOCCOCCOCCOCCOCCOCCC(=O)ON3C(=O)CCC3=O)c3ccc(S(=O)(=O)[O-])cc3C2(C)CCOC)C(C)(CCCS(=O)(=O)[O-])c2cc(S(=O)(=O)[O-])ccc21. The van der Waals surface area contributed by atoms with Gasteiger partial charge in [0.2, 0.25) is 5.69 Å². The van der Waals surface area contributed by atoms with Crippen molar-refractivity contribution in [1.29, 1.82) is 0 Å². The molecular formula is C53H71N3O21S3-2. The molecule has 24 nitrogen and oxygen atoms in total. The summed E-state index contributed by atoms with van der Waals surface area (Å²) in [4.78, 5) is 40.8. The molecule has 0 saturated carbocycles. The number of nitrogens with zero attached hydrogens (tertiary/aromatic N) is 3. The van der Waals surface area contributed by atoms with Gasteiger partial charge in [-0.05, 0) is 75.1 Å². The maximum Gasteiger partial charge on any atom is 0.335 e. The maximum atomic E-state index is 12.2. The highest BCUT2D eigenvalue weighted by Crippen LogP contribution is 2.51. The zero-order valence-electron chi connectivity index (χ0n) is 45.4. The first kappa shape index (κ1) is 65.7. The lowest BCUT2D eigenvalue weighted by Crippen LogP contribution is -2.32. The second-order valence-electron chi connectivity index (χ2n) is 18.9. The molecule has 3 heterocycles. The van der Waals surface area contributed by atoms with E-state index in [1.807, 2.05) is 28.6 Å². The van der Waals surface area contributed by atoms with Crippen LogP contribution in [0.4, 0.5) is 11.4 Å². The Morgan fingerprint density at radius 2 is 1.14 bits per heavy atom. The van der Waals surface area contributed by atoms with Gasteiger partial charge in [-0.25, -0.2) is 30.0 Å². The molecule has 2 unspecified atom stereocenters. The van der Waals surface area contributed by atoms with Crippen LogP contribution in [0.15, 0.2) is 94.4 Å².